The first-order valence-electron chi connectivity index (χ1n) is 9.05. The monoisotopic (exact) mass is 453 g/mol. The number of fused-ring (bicyclic) bond motifs is 1. The molecule has 8 heteroatoms. The van der Waals surface area contributed by atoms with Gasteiger partial charge < -0.3 is 9.64 Å². The minimum absolute atomic E-state index is 0. The molecule has 1 amide bonds. The number of aryl methyl sites for hydroxylation is 2. The molecule has 0 saturated heterocycles. The molecule has 0 saturated carbocycles. The van der Waals surface area contributed by atoms with Gasteiger partial charge >= 0.3 is 0 Å². The van der Waals surface area contributed by atoms with E-state index in [0.29, 0.717) is 22.4 Å². The molecule has 0 radical (unpaired) electrons. The number of benzene rings is 2. The van der Waals surface area contributed by atoms with Crippen LogP contribution in [-0.2, 0) is 4.79 Å². The van der Waals surface area contributed by atoms with E-state index in [4.69, 9.17) is 21.3 Å². The Hall–Kier alpha value is -1.86. The van der Waals surface area contributed by atoms with Crippen molar-refractivity contribution < 1.29 is 9.53 Å². The Morgan fingerprint density at radius 3 is 2.41 bits per heavy atom. The van der Waals surface area contributed by atoms with E-state index >= 15 is 0 Å². The Morgan fingerprint density at radius 2 is 1.79 bits per heavy atom. The summed E-state index contributed by atoms with van der Waals surface area (Å²) in [6, 6.07) is 11.5. The number of amides is 1. The number of aromatic nitrogens is 1. The molecule has 29 heavy (non-hydrogen) atoms. The summed E-state index contributed by atoms with van der Waals surface area (Å²) in [4.78, 5) is 21.4. The fourth-order valence-electron chi connectivity index (χ4n) is 2.69. The van der Waals surface area contributed by atoms with Crippen molar-refractivity contribution in [1.29, 1.82) is 0 Å². The van der Waals surface area contributed by atoms with Crippen LogP contribution in [0.2, 0.25) is 5.02 Å². The van der Waals surface area contributed by atoms with Crippen LogP contribution in [-0.4, -0.2) is 49.6 Å². The lowest BCUT2D eigenvalue weighted by Crippen LogP contribution is -2.39. The standard InChI is InChI=1S/C21H24ClN3O2S.ClH/c1-14-5-8-16(9-6-14)27-13-18(26)25(12-11-24(3)4)21-23-19-15(2)7-10-17(22)20(19)28-21;/h5-10H,11-13H2,1-4H3;1H. The molecule has 3 rings (SSSR count). The average molecular weight is 454 g/mol. The van der Waals surface area contributed by atoms with E-state index in [1.165, 1.54) is 11.3 Å². The van der Waals surface area contributed by atoms with Crippen LogP contribution >= 0.6 is 35.3 Å². The van der Waals surface area contributed by atoms with Crippen molar-refractivity contribution in [3.05, 3.63) is 52.5 Å². The summed E-state index contributed by atoms with van der Waals surface area (Å²) in [5.74, 6) is 0.546. The molecule has 0 aliphatic rings. The van der Waals surface area contributed by atoms with Crippen molar-refractivity contribution in [2.24, 2.45) is 0 Å². The molecule has 0 aliphatic carbocycles. The normalized spacial score (nSPS) is 10.8. The molecule has 156 valence electrons. The van der Waals surface area contributed by atoms with Crippen molar-refractivity contribution in [2.75, 3.05) is 38.7 Å². The maximum absolute atomic E-state index is 13.0. The Bertz CT molecular complexity index is 935. The Kier molecular flexibility index (Phi) is 8.28. The molecule has 0 bridgehead atoms. The van der Waals surface area contributed by atoms with Gasteiger partial charge in [-0.25, -0.2) is 4.98 Å². The molecule has 0 spiro atoms. The van der Waals surface area contributed by atoms with Crippen LogP contribution in [0.3, 0.4) is 0 Å². The summed E-state index contributed by atoms with van der Waals surface area (Å²) in [7, 11) is 3.95. The Balaban J connectivity index is 0.00000300. The van der Waals surface area contributed by atoms with Gasteiger partial charge in [0, 0.05) is 13.1 Å². The molecule has 3 aromatic rings. The van der Waals surface area contributed by atoms with Crippen LogP contribution in [0.1, 0.15) is 11.1 Å². The van der Waals surface area contributed by atoms with E-state index in [2.05, 4.69) is 0 Å². The topological polar surface area (TPSA) is 45.7 Å². The highest BCUT2D eigenvalue weighted by Gasteiger charge is 2.21. The van der Waals surface area contributed by atoms with Crippen molar-refractivity contribution in [3.8, 4) is 5.75 Å². The number of likely N-dealkylation sites (N-methyl/N-ethyl adjacent to an activating group) is 1. The molecule has 5 nitrogen and oxygen atoms in total. The molecular formula is C21H25Cl2N3O2S. The Labute approximate surface area is 186 Å². The van der Waals surface area contributed by atoms with Crippen LogP contribution < -0.4 is 9.64 Å². The number of anilines is 1. The SMILES string of the molecule is Cc1ccc(OCC(=O)N(CCN(C)C)c2nc3c(C)ccc(Cl)c3s2)cc1.Cl. The largest absolute Gasteiger partial charge is 0.484 e. The van der Waals surface area contributed by atoms with Crippen molar-refractivity contribution >= 4 is 56.6 Å². The lowest BCUT2D eigenvalue weighted by molar-refractivity contribution is -0.120. The van der Waals surface area contributed by atoms with E-state index in [9.17, 15) is 4.79 Å². The second-order valence-corrected chi connectivity index (χ2v) is 8.37. The number of hydrogen-bond donors (Lipinski definition) is 0. The van der Waals surface area contributed by atoms with E-state index < -0.39 is 0 Å². The number of thiazole rings is 1. The number of hydrogen-bond acceptors (Lipinski definition) is 5. The molecule has 0 atom stereocenters. The molecule has 1 aromatic heterocycles. The minimum atomic E-state index is -0.129. The fourth-order valence-corrected chi connectivity index (χ4v) is 4.05. The number of halogens is 2. The highest BCUT2D eigenvalue weighted by Crippen LogP contribution is 2.35. The number of rotatable bonds is 7. The third kappa shape index (κ3) is 5.82. The molecule has 0 fully saturated rings. The lowest BCUT2D eigenvalue weighted by atomic mass is 10.2. The minimum Gasteiger partial charge on any atom is -0.484 e. The maximum atomic E-state index is 13.0. The lowest BCUT2D eigenvalue weighted by Gasteiger charge is -2.22. The molecule has 0 unspecified atom stereocenters. The summed E-state index contributed by atoms with van der Waals surface area (Å²) in [6.45, 7) is 5.21. The van der Waals surface area contributed by atoms with Gasteiger partial charge in [0.05, 0.1) is 15.2 Å². The summed E-state index contributed by atoms with van der Waals surface area (Å²) >= 11 is 7.78. The zero-order valence-electron chi connectivity index (χ0n) is 16.9. The third-order valence-corrected chi connectivity index (χ3v) is 5.91. The van der Waals surface area contributed by atoms with Crippen molar-refractivity contribution in [2.45, 2.75) is 13.8 Å². The highest BCUT2D eigenvalue weighted by molar-refractivity contribution is 7.23. The fraction of sp³-hybridized carbons (Fsp3) is 0.333. The van der Waals surface area contributed by atoms with Crippen molar-refractivity contribution in [1.82, 2.24) is 9.88 Å². The van der Waals surface area contributed by atoms with Gasteiger partial charge in [0.2, 0.25) is 0 Å². The number of carbonyl (C=O) groups is 1. The zero-order chi connectivity index (χ0) is 20.3. The van der Waals surface area contributed by atoms with Gasteiger partial charge in [0.1, 0.15) is 5.75 Å². The maximum Gasteiger partial charge on any atom is 0.266 e. The second-order valence-electron chi connectivity index (χ2n) is 6.99. The van der Waals surface area contributed by atoms with Gasteiger partial charge in [-0.1, -0.05) is 46.7 Å². The number of nitrogens with zero attached hydrogens (tertiary/aromatic N) is 3. The summed E-state index contributed by atoms with van der Waals surface area (Å²) < 4.78 is 6.60. The van der Waals surface area contributed by atoms with E-state index in [0.717, 1.165) is 27.9 Å². The predicted molar refractivity (Wildman–Crippen MR) is 124 cm³/mol. The molecule has 0 aliphatic heterocycles. The van der Waals surface area contributed by atoms with Gasteiger partial charge in [0.15, 0.2) is 11.7 Å². The van der Waals surface area contributed by atoms with Crippen LogP contribution in [0.25, 0.3) is 10.2 Å². The van der Waals surface area contributed by atoms with Crippen LogP contribution in [0.4, 0.5) is 5.13 Å². The van der Waals surface area contributed by atoms with E-state index in [-0.39, 0.29) is 24.9 Å². The first-order chi connectivity index (χ1) is 13.3. The van der Waals surface area contributed by atoms with Crippen LogP contribution in [0.15, 0.2) is 36.4 Å². The van der Waals surface area contributed by atoms with Gasteiger partial charge in [0.25, 0.3) is 5.91 Å². The number of carbonyl (C=O) groups excluding carboxylic acids is 1. The molecule has 2 aromatic carbocycles. The quantitative estimate of drug-likeness (QED) is 0.506. The molecular weight excluding hydrogens is 429 g/mol. The first-order valence-corrected chi connectivity index (χ1v) is 10.2. The highest BCUT2D eigenvalue weighted by atomic mass is 35.5. The molecule has 0 N–H and O–H groups in total. The van der Waals surface area contributed by atoms with Crippen molar-refractivity contribution in [3.63, 3.8) is 0 Å². The van der Waals surface area contributed by atoms with E-state index in [1.54, 1.807) is 4.90 Å². The van der Waals surface area contributed by atoms with Crippen LogP contribution in [0.5, 0.6) is 5.75 Å². The molecule has 1 heterocycles. The smallest absolute Gasteiger partial charge is 0.266 e. The summed E-state index contributed by atoms with van der Waals surface area (Å²) in [5, 5.41) is 1.30. The predicted octanol–water partition coefficient (Wildman–Crippen LogP) is 4.96. The third-order valence-electron chi connectivity index (χ3n) is 4.37. The van der Waals surface area contributed by atoms with Gasteiger partial charge in [-0.3, -0.25) is 9.69 Å². The van der Waals surface area contributed by atoms with E-state index in [1.807, 2.05) is 69.2 Å². The van der Waals surface area contributed by atoms with Gasteiger partial charge in [-0.15, -0.1) is 12.4 Å². The zero-order valence-corrected chi connectivity index (χ0v) is 19.3. The Morgan fingerprint density at radius 1 is 1.10 bits per heavy atom. The van der Waals surface area contributed by atoms with Crippen LogP contribution in [0, 0.1) is 13.8 Å². The first kappa shape index (κ1) is 23.4. The summed E-state index contributed by atoms with van der Waals surface area (Å²) in [5.41, 5.74) is 3.03. The van der Waals surface area contributed by atoms with Gasteiger partial charge in [-0.2, -0.15) is 0 Å². The number of ether oxygens (including phenoxy) is 1. The second kappa shape index (κ2) is 10.3. The summed E-state index contributed by atoms with van der Waals surface area (Å²) in [6.07, 6.45) is 0. The average Bonchev–Trinajstić information content (AvgIpc) is 3.10. The van der Waals surface area contributed by atoms with Gasteiger partial charge in [-0.05, 0) is 51.7 Å².